The van der Waals surface area contributed by atoms with Crippen molar-refractivity contribution in [2.24, 2.45) is 11.8 Å². The van der Waals surface area contributed by atoms with E-state index in [9.17, 15) is 24.6 Å². The molecular weight excluding hydrogens is 825 g/mol. The fourth-order valence-corrected chi connectivity index (χ4v) is 7.79. The summed E-state index contributed by atoms with van der Waals surface area (Å²) in [6.07, 6.45) is 7.24. The summed E-state index contributed by atoms with van der Waals surface area (Å²) in [6.45, 7) is 8.93. The van der Waals surface area contributed by atoms with Crippen LogP contribution in [0, 0.1) is 11.8 Å². The molecule has 1 amide bonds. The Hall–Kier alpha value is -5.64. The van der Waals surface area contributed by atoms with Crippen LogP contribution in [-0.2, 0) is 25.7 Å². The molecule has 4 aromatic carbocycles. The molecule has 7 rings (SSSR count). The van der Waals surface area contributed by atoms with E-state index in [1.165, 1.54) is 35.7 Å². The third kappa shape index (κ3) is 20.4. The van der Waals surface area contributed by atoms with E-state index in [-0.39, 0.29) is 30.4 Å². The monoisotopic (exact) mass is 899 g/mol. The summed E-state index contributed by atoms with van der Waals surface area (Å²) < 4.78 is 5.37. The molecule has 4 aromatic rings. The van der Waals surface area contributed by atoms with Crippen molar-refractivity contribution in [2.75, 3.05) is 78.2 Å². The molecule has 0 aromatic heterocycles. The summed E-state index contributed by atoms with van der Waals surface area (Å²) in [5, 5.41) is 39.4. The number of hydrogen-bond acceptors (Lipinski definition) is 12. The zero-order valence-corrected chi connectivity index (χ0v) is 39.2. The van der Waals surface area contributed by atoms with Gasteiger partial charge in [0.05, 0.1) is 6.10 Å². The zero-order chi connectivity index (χ0) is 47.8. The van der Waals surface area contributed by atoms with E-state index in [1.54, 1.807) is 6.07 Å². The fraction of sp³-hybridized carbons (Fsp3) is 0.451. The second kappa shape index (κ2) is 32.9. The highest BCUT2D eigenvalue weighted by Crippen LogP contribution is 2.42. The van der Waals surface area contributed by atoms with Crippen molar-refractivity contribution in [3.8, 4) is 22.6 Å². The number of para-hydroxylation sites is 1. The van der Waals surface area contributed by atoms with Gasteiger partial charge in [-0.3, -0.25) is 9.59 Å². The summed E-state index contributed by atoms with van der Waals surface area (Å²) in [6, 6.07) is 32.7. The lowest BCUT2D eigenvalue weighted by atomic mass is 10.0. The average molecular weight is 899 g/mol. The number of aldehydes is 2. The number of rotatable bonds is 16. The molecule has 2 fully saturated rings. The first-order chi connectivity index (χ1) is 31.6. The van der Waals surface area contributed by atoms with Gasteiger partial charge in [-0.25, -0.2) is 0 Å². The lowest BCUT2D eigenvalue weighted by Crippen LogP contribution is -2.27. The zero-order valence-electron chi connectivity index (χ0n) is 39.2. The van der Waals surface area contributed by atoms with E-state index < -0.39 is 6.10 Å². The van der Waals surface area contributed by atoms with Crippen LogP contribution in [0.2, 0.25) is 0 Å². The fourth-order valence-electron chi connectivity index (χ4n) is 7.79. The van der Waals surface area contributed by atoms with Crippen molar-refractivity contribution >= 4 is 36.3 Å². The number of ether oxygens (including phenoxy) is 1. The Labute approximate surface area is 386 Å². The predicted molar refractivity (Wildman–Crippen MR) is 261 cm³/mol. The van der Waals surface area contributed by atoms with Gasteiger partial charge < -0.3 is 60.7 Å². The third-order valence-corrected chi connectivity index (χ3v) is 10.6. The predicted octanol–water partition coefficient (Wildman–Crippen LogP) is 7.09. The standard InChI is InChI=1S/C22H26N2O.C17H18N2O4.C7H15NO.C2H7N.C2H6.CH2O2/c25-12-6-11-24-15-18-13-20(14-19(18)16-24)23-22-10-5-4-9-21(22)17-7-2-1-3-8-17;20-13-7-6-12(17-16(13)19-15(22)10-23-17)14(21)9-18-8-11-4-2-1-3-5-11;1-8(2)6-4-3-5-7-9;1-3-2;1-2;2-1-3/h1-5,7-10,12,18-20,23H,6,11,13-16H2;1-7,14,18,20-21H,8-10H2,(H,19,22);7H,3-6H2,1-2H3;3H,1-2H3;1-2H3;1H,(H,2,3). The highest BCUT2D eigenvalue weighted by Gasteiger charge is 2.40. The Morgan fingerprint density at radius 1 is 0.846 bits per heavy atom. The van der Waals surface area contributed by atoms with Crippen molar-refractivity contribution in [3.05, 3.63) is 108 Å². The van der Waals surface area contributed by atoms with Crippen LogP contribution in [0.15, 0.2) is 97.1 Å². The SMILES string of the molecule is CC.CN(C)CCCCC=O.CNC.O=C1COc2c(C(O)CNCc3ccccc3)ccc(O)c2N1.O=CCCN1CC2CC(Nc3ccccc3-c3ccccc3)CC2C1.O=CO. The van der Waals surface area contributed by atoms with Gasteiger partial charge in [-0.2, -0.15) is 0 Å². The second-order valence-electron chi connectivity index (χ2n) is 15.9. The molecule has 7 N–H and O–H groups in total. The molecule has 65 heavy (non-hydrogen) atoms. The maximum atomic E-state index is 11.4. The molecule has 14 heteroatoms. The minimum absolute atomic E-state index is 0.0822. The number of carbonyl (C=O) groups excluding carboxylic acids is 3. The number of anilines is 2. The Bertz CT molecular complexity index is 1910. The number of nitrogens with zero attached hydrogens (tertiary/aromatic N) is 2. The molecule has 1 saturated heterocycles. The number of phenols is 1. The molecule has 0 spiro atoms. The van der Waals surface area contributed by atoms with E-state index in [0.717, 1.165) is 69.0 Å². The molecule has 356 valence electrons. The number of amides is 1. The molecule has 3 unspecified atom stereocenters. The minimum atomic E-state index is -0.817. The lowest BCUT2D eigenvalue weighted by molar-refractivity contribution is -0.123. The molecule has 2 aliphatic heterocycles. The summed E-state index contributed by atoms with van der Waals surface area (Å²) in [4.78, 5) is 44.7. The molecular formula is C51H74N6O8. The minimum Gasteiger partial charge on any atom is -0.506 e. The maximum Gasteiger partial charge on any atom is 0.290 e. The highest BCUT2D eigenvalue weighted by molar-refractivity contribution is 5.97. The van der Waals surface area contributed by atoms with Crippen molar-refractivity contribution in [1.29, 1.82) is 0 Å². The normalized spacial score (nSPS) is 17.0. The number of carbonyl (C=O) groups is 4. The van der Waals surface area contributed by atoms with Crippen LogP contribution in [0.5, 0.6) is 11.5 Å². The van der Waals surface area contributed by atoms with Crippen molar-refractivity contribution in [2.45, 2.75) is 71.1 Å². The van der Waals surface area contributed by atoms with Crippen LogP contribution in [-0.4, -0.2) is 124 Å². The van der Waals surface area contributed by atoms with E-state index in [4.69, 9.17) is 14.6 Å². The largest absolute Gasteiger partial charge is 0.506 e. The van der Waals surface area contributed by atoms with Gasteiger partial charge in [0.15, 0.2) is 12.4 Å². The van der Waals surface area contributed by atoms with Crippen LogP contribution < -0.4 is 26.0 Å². The number of aliphatic hydroxyl groups excluding tert-OH is 1. The summed E-state index contributed by atoms with van der Waals surface area (Å²) >= 11 is 0. The molecule has 1 aliphatic carbocycles. The van der Waals surface area contributed by atoms with Crippen LogP contribution in [0.25, 0.3) is 11.1 Å². The van der Waals surface area contributed by atoms with Crippen LogP contribution in [0.1, 0.15) is 69.6 Å². The van der Waals surface area contributed by atoms with E-state index >= 15 is 0 Å². The number of carboxylic acid groups (broad SMARTS) is 1. The quantitative estimate of drug-likeness (QED) is 0.0343. The lowest BCUT2D eigenvalue weighted by Gasteiger charge is -2.23. The number of benzene rings is 4. The first kappa shape index (κ1) is 55.5. The van der Waals surface area contributed by atoms with E-state index in [2.05, 4.69) is 85.7 Å². The molecule has 3 atom stereocenters. The number of fused-ring (bicyclic) bond motifs is 2. The number of likely N-dealkylation sites (tertiary alicyclic amines) is 1. The van der Waals surface area contributed by atoms with Crippen LogP contribution in [0.4, 0.5) is 11.4 Å². The van der Waals surface area contributed by atoms with Gasteiger partial charge >= 0.3 is 0 Å². The highest BCUT2D eigenvalue weighted by atomic mass is 16.5. The van der Waals surface area contributed by atoms with E-state index in [1.807, 2.05) is 72.4 Å². The summed E-state index contributed by atoms with van der Waals surface area (Å²) in [5.74, 6) is 1.47. The first-order valence-electron chi connectivity index (χ1n) is 22.6. The molecule has 0 radical (unpaired) electrons. The second-order valence-corrected chi connectivity index (χ2v) is 15.9. The van der Waals surface area contributed by atoms with Crippen molar-refractivity contribution < 1.29 is 39.2 Å². The molecule has 1 saturated carbocycles. The van der Waals surface area contributed by atoms with Crippen LogP contribution in [0.3, 0.4) is 0 Å². The van der Waals surface area contributed by atoms with Gasteiger partial charge in [0, 0.05) is 68.4 Å². The average Bonchev–Trinajstić information content (AvgIpc) is 3.88. The molecule has 3 aliphatic rings. The maximum absolute atomic E-state index is 11.4. The van der Waals surface area contributed by atoms with Crippen molar-refractivity contribution in [3.63, 3.8) is 0 Å². The molecule has 14 nitrogen and oxygen atoms in total. The van der Waals surface area contributed by atoms with Crippen LogP contribution >= 0.6 is 0 Å². The topological polar surface area (TPSA) is 193 Å². The van der Waals surface area contributed by atoms with Gasteiger partial charge in [-0.15, -0.1) is 0 Å². The number of aromatic hydroxyl groups is 1. The van der Waals surface area contributed by atoms with Gasteiger partial charge in [0.2, 0.25) is 0 Å². The summed E-state index contributed by atoms with van der Waals surface area (Å²) in [7, 11) is 7.84. The van der Waals surface area contributed by atoms with Gasteiger partial charge in [0.25, 0.3) is 12.4 Å². The Morgan fingerprint density at radius 3 is 2.03 bits per heavy atom. The first-order valence-corrected chi connectivity index (χ1v) is 22.6. The number of nitrogens with one attached hydrogen (secondary N) is 4. The van der Waals surface area contributed by atoms with E-state index in [0.29, 0.717) is 43.3 Å². The third-order valence-electron chi connectivity index (χ3n) is 10.6. The smallest absolute Gasteiger partial charge is 0.290 e. The number of unbranched alkanes of at least 4 members (excludes halogenated alkanes) is 2. The Kier molecular flexibility index (Phi) is 28.1. The number of hydrogen-bond donors (Lipinski definition) is 7. The van der Waals surface area contributed by atoms with Gasteiger partial charge in [-0.05, 0) is 102 Å². The van der Waals surface area contributed by atoms with Crippen molar-refractivity contribution in [1.82, 2.24) is 20.4 Å². The van der Waals surface area contributed by atoms with Gasteiger partial charge in [0.1, 0.15) is 24.0 Å². The number of aliphatic hydroxyl groups is 1. The summed E-state index contributed by atoms with van der Waals surface area (Å²) in [5.41, 5.74) is 5.66. The molecule has 0 bridgehead atoms. The Balaban J connectivity index is 0.000000334. The number of phenolic OH excluding ortho intramolecular Hbond substituents is 1. The molecule has 2 heterocycles. The van der Waals surface area contributed by atoms with Gasteiger partial charge in [-0.1, -0.05) is 92.7 Å². The Morgan fingerprint density at radius 2 is 1.43 bits per heavy atom.